The van der Waals surface area contributed by atoms with Gasteiger partial charge in [-0.1, -0.05) is 37.3 Å². The van der Waals surface area contributed by atoms with E-state index in [4.69, 9.17) is 0 Å². The Hall–Kier alpha value is -1.06. The Morgan fingerprint density at radius 1 is 1.36 bits per heavy atom. The number of amides is 1. The van der Waals surface area contributed by atoms with Crippen molar-refractivity contribution in [2.45, 2.75) is 64.6 Å². The predicted octanol–water partition coefficient (Wildman–Crippen LogP) is 3.77. The molecular weight excluding hydrogens is 296 g/mol. The van der Waals surface area contributed by atoms with E-state index in [9.17, 15) is 4.79 Å². The number of halogens is 1. The number of carbonyl (C=O) groups is 1. The second-order valence-electron chi connectivity index (χ2n) is 6.10. The largest absolute Gasteiger partial charge is 0.336 e. The molecule has 0 aliphatic carbocycles. The van der Waals surface area contributed by atoms with E-state index in [1.807, 2.05) is 23.1 Å². The molecule has 2 atom stereocenters. The van der Waals surface area contributed by atoms with E-state index < -0.39 is 0 Å². The van der Waals surface area contributed by atoms with Crippen LogP contribution >= 0.6 is 12.4 Å². The lowest BCUT2D eigenvalue weighted by Crippen LogP contribution is -2.38. The summed E-state index contributed by atoms with van der Waals surface area (Å²) in [6.45, 7) is 6.13. The Labute approximate surface area is 140 Å². The van der Waals surface area contributed by atoms with Crippen molar-refractivity contribution in [3.05, 3.63) is 35.9 Å². The topological polar surface area (TPSA) is 32.3 Å². The third-order valence-electron chi connectivity index (χ3n) is 4.51. The summed E-state index contributed by atoms with van der Waals surface area (Å²) in [7, 11) is 0. The molecule has 1 aliphatic heterocycles. The number of nitrogens with zero attached hydrogens (tertiary/aromatic N) is 1. The first-order chi connectivity index (χ1) is 10.2. The minimum Gasteiger partial charge on any atom is -0.336 e. The predicted molar refractivity (Wildman–Crippen MR) is 94.3 cm³/mol. The van der Waals surface area contributed by atoms with Gasteiger partial charge in [0.25, 0.3) is 0 Å². The fraction of sp³-hybridized carbons (Fsp3) is 0.611. The van der Waals surface area contributed by atoms with Crippen LogP contribution in [0.2, 0.25) is 0 Å². The van der Waals surface area contributed by atoms with Crippen LogP contribution in [0, 0.1) is 0 Å². The number of benzene rings is 1. The molecule has 0 radical (unpaired) electrons. The highest BCUT2D eigenvalue weighted by Gasteiger charge is 2.21. The highest BCUT2D eigenvalue weighted by Crippen LogP contribution is 2.16. The SMILES string of the molecule is CCC(C)N(Cc1ccccc1)C(=O)CCC1CCCN1.Cl. The van der Waals surface area contributed by atoms with E-state index in [1.54, 1.807) is 0 Å². The van der Waals surface area contributed by atoms with Crippen molar-refractivity contribution in [1.82, 2.24) is 10.2 Å². The van der Waals surface area contributed by atoms with Crippen LogP contribution in [0.1, 0.15) is 51.5 Å². The Kier molecular flexibility index (Phi) is 8.51. The zero-order valence-corrected chi connectivity index (χ0v) is 14.6. The smallest absolute Gasteiger partial charge is 0.223 e. The maximum atomic E-state index is 12.6. The molecule has 0 spiro atoms. The number of hydrogen-bond donors (Lipinski definition) is 1. The van der Waals surface area contributed by atoms with E-state index in [0.29, 0.717) is 24.4 Å². The summed E-state index contributed by atoms with van der Waals surface area (Å²) in [5.74, 6) is 0.293. The van der Waals surface area contributed by atoms with Crippen molar-refractivity contribution in [2.75, 3.05) is 6.54 Å². The van der Waals surface area contributed by atoms with E-state index in [2.05, 4.69) is 31.3 Å². The van der Waals surface area contributed by atoms with Crippen molar-refractivity contribution < 1.29 is 4.79 Å². The van der Waals surface area contributed by atoms with Crippen molar-refractivity contribution >= 4 is 18.3 Å². The Morgan fingerprint density at radius 3 is 2.68 bits per heavy atom. The van der Waals surface area contributed by atoms with E-state index in [-0.39, 0.29) is 12.4 Å². The summed E-state index contributed by atoms with van der Waals surface area (Å²) in [6, 6.07) is 11.1. The van der Waals surface area contributed by atoms with Gasteiger partial charge in [0.15, 0.2) is 0 Å². The molecule has 0 bridgehead atoms. The molecule has 1 aromatic rings. The molecule has 1 aliphatic rings. The highest BCUT2D eigenvalue weighted by molar-refractivity contribution is 5.85. The molecule has 3 nitrogen and oxygen atoms in total. The Bertz CT molecular complexity index is 432. The summed E-state index contributed by atoms with van der Waals surface area (Å²) in [6.07, 6.45) is 5.10. The van der Waals surface area contributed by atoms with Crippen LogP contribution in [0.15, 0.2) is 30.3 Å². The standard InChI is InChI=1S/C18H28N2O.ClH/c1-3-15(2)20(14-16-8-5-4-6-9-16)18(21)12-11-17-10-7-13-19-17;/h4-6,8-9,15,17,19H,3,7,10-14H2,1-2H3;1H. The second-order valence-corrected chi connectivity index (χ2v) is 6.10. The van der Waals surface area contributed by atoms with Gasteiger partial charge in [0, 0.05) is 25.0 Å². The fourth-order valence-electron chi connectivity index (χ4n) is 2.93. The molecule has 22 heavy (non-hydrogen) atoms. The minimum atomic E-state index is 0. The van der Waals surface area contributed by atoms with Gasteiger partial charge >= 0.3 is 0 Å². The molecular formula is C18H29ClN2O. The van der Waals surface area contributed by atoms with Crippen molar-refractivity contribution in [3.8, 4) is 0 Å². The Balaban J connectivity index is 0.00000242. The molecule has 0 aromatic heterocycles. The lowest BCUT2D eigenvalue weighted by molar-refractivity contribution is -0.134. The van der Waals surface area contributed by atoms with Gasteiger partial charge in [0.05, 0.1) is 0 Å². The molecule has 1 heterocycles. The molecule has 1 N–H and O–H groups in total. The van der Waals surface area contributed by atoms with Crippen LogP contribution in [0.25, 0.3) is 0 Å². The zero-order valence-electron chi connectivity index (χ0n) is 13.8. The molecule has 1 fully saturated rings. The Morgan fingerprint density at radius 2 is 2.09 bits per heavy atom. The van der Waals surface area contributed by atoms with Crippen LogP contribution < -0.4 is 5.32 Å². The third-order valence-corrected chi connectivity index (χ3v) is 4.51. The third kappa shape index (κ3) is 5.62. The van der Waals surface area contributed by atoms with Gasteiger partial charge in [-0.15, -0.1) is 12.4 Å². The maximum Gasteiger partial charge on any atom is 0.223 e. The lowest BCUT2D eigenvalue weighted by Gasteiger charge is -2.29. The molecule has 1 amide bonds. The molecule has 2 rings (SSSR count). The second kappa shape index (κ2) is 9.86. The van der Waals surface area contributed by atoms with Gasteiger partial charge in [-0.25, -0.2) is 0 Å². The summed E-state index contributed by atoms with van der Waals surface area (Å²) < 4.78 is 0. The van der Waals surface area contributed by atoms with Crippen LogP contribution in [0.3, 0.4) is 0 Å². The first kappa shape index (κ1) is 19.0. The maximum absolute atomic E-state index is 12.6. The normalized spacial score (nSPS) is 18.5. The van der Waals surface area contributed by atoms with Crippen molar-refractivity contribution in [2.24, 2.45) is 0 Å². The zero-order chi connectivity index (χ0) is 15.1. The summed E-state index contributed by atoms with van der Waals surface area (Å²) in [5.41, 5.74) is 1.21. The van der Waals surface area contributed by atoms with Crippen LogP contribution in [-0.2, 0) is 11.3 Å². The first-order valence-electron chi connectivity index (χ1n) is 8.27. The van der Waals surface area contributed by atoms with E-state index >= 15 is 0 Å². The summed E-state index contributed by atoms with van der Waals surface area (Å²) in [4.78, 5) is 14.6. The number of nitrogens with one attached hydrogen (secondary N) is 1. The summed E-state index contributed by atoms with van der Waals surface area (Å²) >= 11 is 0. The molecule has 0 saturated carbocycles. The van der Waals surface area contributed by atoms with Gasteiger partial charge in [-0.2, -0.15) is 0 Å². The van der Waals surface area contributed by atoms with Crippen molar-refractivity contribution in [3.63, 3.8) is 0 Å². The van der Waals surface area contributed by atoms with E-state index in [1.165, 1.54) is 18.4 Å². The van der Waals surface area contributed by atoms with Gasteiger partial charge in [0.2, 0.25) is 5.91 Å². The van der Waals surface area contributed by atoms with Gasteiger partial charge in [0.1, 0.15) is 0 Å². The van der Waals surface area contributed by atoms with Crippen LogP contribution in [0.5, 0.6) is 0 Å². The van der Waals surface area contributed by atoms with Crippen LogP contribution in [-0.4, -0.2) is 29.4 Å². The number of carbonyl (C=O) groups excluding carboxylic acids is 1. The molecule has 124 valence electrons. The number of hydrogen-bond acceptors (Lipinski definition) is 2. The molecule has 2 unspecified atom stereocenters. The van der Waals surface area contributed by atoms with E-state index in [0.717, 1.165) is 25.9 Å². The fourth-order valence-corrected chi connectivity index (χ4v) is 2.93. The first-order valence-corrected chi connectivity index (χ1v) is 8.27. The average molecular weight is 325 g/mol. The quantitative estimate of drug-likeness (QED) is 0.828. The molecule has 1 aromatic carbocycles. The average Bonchev–Trinajstić information content (AvgIpc) is 3.04. The van der Waals surface area contributed by atoms with Gasteiger partial charge < -0.3 is 10.2 Å². The highest BCUT2D eigenvalue weighted by atomic mass is 35.5. The van der Waals surface area contributed by atoms with Crippen molar-refractivity contribution in [1.29, 1.82) is 0 Å². The molecule has 4 heteroatoms. The lowest BCUT2D eigenvalue weighted by atomic mass is 10.1. The monoisotopic (exact) mass is 324 g/mol. The van der Waals surface area contributed by atoms with Crippen LogP contribution in [0.4, 0.5) is 0 Å². The van der Waals surface area contributed by atoms with Gasteiger partial charge in [-0.3, -0.25) is 4.79 Å². The van der Waals surface area contributed by atoms with Gasteiger partial charge in [-0.05, 0) is 44.7 Å². The summed E-state index contributed by atoms with van der Waals surface area (Å²) in [5, 5.41) is 3.47. The minimum absolute atomic E-state index is 0. The number of rotatable bonds is 7. The molecule has 1 saturated heterocycles.